The van der Waals surface area contributed by atoms with Crippen LogP contribution in [0.5, 0.6) is 5.75 Å². The second-order valence-corrected chi connectivity index (χ2v) is 5.03. The van der Waals surface area contributed by atoms with Crippen LogP contribution in [-0.4, -0.2) is 12.4 Å². The number of nitrogens with zero attached hydrogens (tertiary/aromatic N) is 1. The van der Waals surface area contributed by atoms with Crippen molar-refractivity contribution < 1.29 is 9.53 Å². The third-order valence-corrected chi connectivity index (χ3v) is 3.26. The van der Waals surface area contributed by atoms with Gasteiger partial charge in [0.1, 0.15) is 11.8 Å². The van der Waals surface area contributed by atoms with Gasteiger partial charge in [-0.15, -0.1) is 0 Å². The summed E-state index contributed by atoms with van der Waals surface area (Å²) < 4.78 is 5.18. The van der Waals surface area contributed by atoms with Crippen molar-refractivity contribution in [3.8, 4) is 11.8 Å². The van der Waals surface area contributed by atoms with E-state index in [4.69, 9.17) is 10.00 Å². The van der Waals surface area contributed by atoms with Gasteiger partial charge in [0.2, 0.25) is 0 Å². The highest BCUT2D eigenvalue weighted by molar-refractivity contribution is 6.07. The van der Waals surface area contributed by atoms with Crippen LogP contribution in [0.4, 0.5) is 0 Å². The quantitative estimate of drug-likeness (QED) is 0.615. The van der Waals surface area contributed by atoms with Gasteiger partial charge in [-0.05, 0) is 43.2 Å². The van der Waals surface area contributed by atoms with Crippen LogP contribution in [0.25, 0.3) is 6.08 Å². The maximum atomic E-state index is 12.2. The number of allylic oxidation sites excluding steroid dienone is 1. The van der Waals surface area contributed by atoms with E-state index in [1.807, 2.05) is 50.2 Å². The highest BCUT2D eigenvalue weighted by Gasteiger charge is 2.05. The first-order chi connectivity index (χ1) is 10.6. The van der Waals surface area contributed by atoms with E-state index in [1.165, 1.54) is 0 Å². The summed E-state index contributed by atoms with van der Waals surface area (Å²) in [5.74, 6) is 0.627. The molecule has 0 fully saturated rings. The molecule has 0 aliphatic heterocycles. The van der Waals surface area contributed by atoms with Gasteiger partial charge >= 0.3 is 0 Å². The number of hydrogen-bond acceptors (Lipinski definition) is 3. The van der Waals surface area contributed by atoms with Gasteiger partial charge in [-0.1, -0.05) is 42.0 Å². The monoisotopic (exact) mass is 291 g/mol. The van der Waals surface area contributed by atoms with Gasteiger partial charge in [0.05, 0.1) is 0 Å². The summed E-state index contributed by atoms with van der Waals surface area (Å²) in [5, 5.41) is 8.45. The van der Waals surface area contributed by atoms with Gasteiger partial charge in [-0.25, -0.2) is 0 Å². The summed E-state index contributed by atoms with van der Waals surface area (Å²) in [6, 6.07) is 15.0. The zero-order valence-electron chi connectivity index (χ0n) is 12.7. The van der Waals surface area contributed by atoms with E-state index in [1.54, 1.807) is 24.3 Å². The second-order valence-electron chi connectivity index (χ2n) is 5.03. The molecule has 0 aromatic heterocycles. The Morgan fingerprint density at radius 2 is 1.91 bits per heavy atom. The maximum Gasteiger partial charge on any atom is 0.186 e. The van der Waals surface area contributed by atoms with Crippen LogP contribution in [0.1, 0.15) is 27.0 Å². The van der Waals surface area contributed by atoms with Crippen molar-refractivity contribution >= 4 is 11.9 Å². The molecule has 2 rings (SSSR count). The molecule has 0 amide bonds. The van der Waals surface area contributed by atoms with Gasteiger partial charge in [-0.3, -0.25) is 4.79 Å². The zero-order valence-corrected chi connectivity index (χ0v) is 12.7. The lowest BCUT2D eigenvalue weighted by molar-refractivity contribution is 0.104. The molecule has 2 aromatic carbocycles. The third-order valence-electron chi connectivity index (χ3n) is 3.26. The van der Waals surface area contributed by atoms with Crippen molar-refractivity contribution in [2.75, 3.05) is 6.61 Å². The minimum Gasteiger partial charge on any atom is -0.479 e. The lowest BCUT2D eigenvalue weighted by atomic mass is 10.0. The van der Waals surface area contributed by atoms with E-state index in [2.05, 4.69) is 0 Å². The lowest BCUT2D eigenvalue weighted by Gasteiger charge is -2.03. The SMILES string of the molecule is Cc1ccc(C(=O)/C=C/c2ccc(OCC#N)cc2)c(C)c1. The molecule has 3 nitrogen and oxygen atoms in total. The van der Waals surface area contributed by atoms with Crippen LogP contribution >= 0.6 is 0 Å². The van der Waals surface area contributed by atoms with Gasteiger partial charge in [0.25, 0.3) is 0 Å². The average molecular weight is 291 g/mol. The van der Waals surface area contributed by atoms with Crippen LogP contribution in [-0.2, 0) is 0 Å². The Labute approximate surface area is 130 Å². The van der Waals surface area contributed by atoms with Crippen LogP contribution in [0.3, 0.4) is 0 Å². The van der Waals surface area contributed by atoms with Crippen molar-refractivity contribution in [1.29, 1.82) is 5.26 Å². The predicted molar refractivity (Wildman–Crippen MR) is 86.8 cm³/mol. The van der Waals surface area contributed by atoms with Crippen molar-refractivity contribution in [1.82, 2.24) is 0 Å². The van der Waals surface area contributed by atoms with Crippen molar-refractivity contribution in [2.45, 2.75) is 13.8 Å². The molecule has 2 aromatic rings. The van der Waals surface area contributed by atoms with E-state index < -0.39 is 0 Å². The molecule has 0 saturated heterocycles. The predicted octanol–water partition coefficient (Wildman–Crippen LogP) is 4.10. The fourth-order valence-electron chi connectivity index (χ4n) is 2.14. The Morgan fingerprint density at radius 3 is 2.55 bits per heavy atom. The molecule has 0 bridgehead atoms. The Morgan fingerprint density at radius 1 is 1.18 bits per heavy atom. The third kappa shape index (κ3) is 4.07. The van der Waals surface area contributed by atoms with Crippen LogP contribution in [0, 0.1) is 25.2 Å². The normalized spacial score (nSPS) is 10.4. The first-order valence-corrected chi connectivity index (χ1v) is 6.99. The summed E-state index contributed by atoms with van der Waals surface area (Å²) >= 11 is 0. The molecule has 0 radical (unpaired) electrons. The number of ketones is 1. The fourth-order valence-corrected chi connectivity index (χ4v) is 2.14. The van der Waals surface area contributed by atoms with Gasteiger partial charge < -0.3 is 4.74 Å². The first-order valence-electron chi connectivity index (χ1n) is 6.99. The molecule has 22 heavy (non-hydrogen) atoms. The van der Waals surface area contributed by atoms with Gasteiger partial charge in [-0.2, -0.15) is 5.26 Å². The summed E-state index contributed by atoms with van der Waals surface area (Å²) in [6.07, 6.45) is 3.35. The Bertz CT molecular complexity index is 737. The molecular formula is C19H17NO2. The molecule has 0 aliphatic carbocycles. The number of rotatable bonds is 5. The Kier molecular flexibility index (Phi) is 5.11. The fraction of sp³-hybridized carbons (Fsp3) is 0.158. The van der Waals surface area contributed by atoms with Gasteiger partial charge in [0, 0.05) is 5.56 Å². The highest BCUT2D eigenvalue weighted by atomic mass is 16.5. The standard InChI is InChI=1S/C19H17NO2/c1-14-3-9-18(15(2)13-14)19(21)10-6-16-4-7-17(8-5-16)22-12-11-20/h3-10,13H,12H2,1-2H3/b10-6+. The number of nitriles is 1. The molecule has 0 N–H and O–H groups in total. The van der Waals surface area contributed by atoms with Gasteiger partial charge in [0.15, 0.2) is 12.4 Å². The van der Waals surface area contributed by atoms with E-state index in [0.29, 0.717) is 5.75 Å². The summed E-state index contributed by atoms with van der Waals surface area (Å²) in [6.45, 7) is 3.98. The smallest absolute Gasteiger partial charge is 0.186 e. The average Bonchev–Trinajstić information content (AvgIpc) is 2.51. The number of carbonyl (C=O) groups is 1. The Balaban J connectivity index is 2.08. The first kappa shape index (κ1) is 15.5. The largest absolute Gasteiger partial charge is 0.479 e. The molecule has 0 heterocycles. The molecular weight excluding hydrogens is 274 g/mol. The van der Waals surface area contributed by atoms with Crippen molar-refractivity contribution in [2.24, 2.45) is 0 Å². The molecule has 0 aliphatic rings. The second kappa shape index (κ2) is 7.24. The van der Waals surface area contributed by atoms with Crippen LogP contribution in [0.15, 0.2) is 48.5 Å². The number of aryl methyl sites for hydroxylation is 2. The summed E-state index contributed by atoms with van der Waals surface area (Å²) in [7, 11) is 0. The number of hydrogen-bond donors (Lipinski definition) is 0. The molecule has 3 heteroatoms. The molecule has 0 spiro atoms. The molecule has 0 atom stereocenters. The lowest BCUT2D eigenvalue weighted by Crippen LogP contribution is -1.98. The van der Waals surface area contributed by atoms with E-state index in [9.17, 15) is 4.79 Å². The minimum absolute atomic E-state index is 0.0118. The van der Waals surface area contributed by atoms with Crippen molar-refractivity contribution in [3.63, 3.8) is 0 Å². The van der Waals surface area contributed by atoms with Crippen LogP contribution in [0.2, 0.25) is 0 Å². The summed E-state index contributed by atoms with van der Waals surface area (Å²) in [4.78, 5) is 12.2. The number of benzene rings is 2. The van der Waals surface area contributed by atoms with E-state index in [-0.39, 0.29) is 12.4 Å². The molecule has 0 saturated carbocycles. The maximum absolute atomic E-state index is 12.2. The zero-order chi connectivity index (χ0) is 15.9. The topological polar surface area (TPSA) is 50.1 Å². The number of ether oxygens (including phenoxy) is 1. The minimum atomic E-state index is -0.0118. The number of carbonyl (C=O) groups excluding carboxylic acids is 1. The van der Waals surface area contributed by atoms with Crippen LogP contribution < -0.4 is 4.74 Å². The highest BCUT2D eigenvalue weighted by Crippen LogP contribution is 2.15. The molecule has 110 valence electrons. The molecule has 0 unspecified atom stereocenters. The van der Waals surface area contributed by atoms with Crippen molar-refractivity contribution in [3.05, 3.63) is 70.8 Å². The van der Waals surface area contributed by atoms with E-state index >= 15 is 0 Å². The van der Waals surface area contributed by atoms with E-state index in [0.717, 1.165) is 22.3 Å². The Hall–Kier alpha value is -2.86. The summed E-state index contributed by atoms with van der Waals surface area (Å²) in [5.41, 5.74) is 3.75.